The van der Waals surface area contributed by atoms with E-state index in [1.165, 1.54) is 17.6 Å². The van der Waals surface area contributed by atoms with Crippen LogP contribution in [0.4, 0.5) is 24.0 Å². The van der Waals surface area contributed by atoms with Gasteiger partial charge in [0.05, 0.1) is 24.1 Å². The van der Waals surface area contributed by atoms with Crippen LogP contribution >= 0.6 is 11.3 Å². The van der Waals surface area contributed by atoms with Gasteiger partial charge in [-0.2, -0.15) is 23.5 Å². The number of nitriles is 1. The summed E-state index contributed by atoms with van der Waals surface area (Å²) in [5.74, 6) is -0.309. The average Bonchev–Trinajstić information content (AvgIpc) is 3.49. The highest BCUT2D eigenvalue weighted by molar-refractivity contribution is 7.16. The number of furan rings is 1. The fourth-order valence-electron chi connectivity index (χ4n) is 4.19. The van der Waals surface area contributed by atoms with Crippen LogP contribution in [0.2, 0.25) is 0 Å². The van der Waals surface area contributed by atoms with Crippen molar-refractivity contribution >= 4 is 28.1 Å². The van der Waals surface area contributed by atoms with E-state index < -0.39 is 24.2 Å². The average molecular weight is 447 g/mol. The number of aryl methyl sites for hydroxylation is 1. The van der Waals surface area contributed by atoms with E-state index in [2.05, 4.69) is 21.8 Å². The van der Waals surface area contributed by atoms with Crippen molar-refractivity contribution in [1.29, 1.82) is 5.26 Å². The van der Waals surface area contributed by atoms with E-state index in [9.17, 15) is 23.2 Å². The molecule has 5 rings (SSSR count). The highest BCUT2D eigenvalue weighted by atomic mass is 32.1. The Balaban J connectivity index is 1.49. The van der Waals surface area contributed by atoms with E-state index in [-0.39, 0.29) is 17.8 Å². The number of halogens is 3. The zero-order chi connectivity index (χ0) is 21.8. The summed E-state index contributed by atoms with van der Waals surface area (Å²) >= 11 is 1.34. The number of carbonyl (C=O) groups excluding carboxylic acids is 1. The van der Waals surface area contributed by atoms with Crippen LogP contribution in [0, 0.1) is 11.3 Å². The molecule has 0 bridgehead atoms. The Morgan fingerprint density at radius 2 is 2.26 bits per heavy atom. The van der Waals surface area contributed by atoms with Crippen molar-refractivity contribution in [3.8, 4) is 6.07 Å². The first-order valence-electron chi connectivity index (χ1n) is 9.67. The van der Waals surface area contributed by atoms with Crippen molar-refractivity contribution in [2.24, 2.45) is 0 Å². The molecule has 160 valence electrons. The molecule has 2 N–H and O–H groups in total. The van der Waals surface area contributed by atoms with Crippen molar-refractivity contribution in [3.63, 3.8) is 0 Å². The minimum Gasteiger partial charge on any atom is -0.467 e. The summed E-state index contributed by atoms with van der Waals surface area (Å²) in [6.45, 7) is 0. The van der Waals surface area contributed by atoms with Crippen LogP contribution in [0.5, 0.6) is 0 Å². The number of rotatable bonds is 3. The molecule has 0 fully saturated rings. The number of nitrogens with zero attached hydrogens (tertiary/aromatic N) is 3. The van der Waals surface area contributed by atoms with Gasteiger partial charge in [-0.1, -0.05) is 0 Å². The molecule has 3 aromatic heterocycles. The first kappa shape index (κ1) is 19.7. The highest BCUT2D eigenvalue weighted by Crippen LogP contribution is 2.45. The maximum Gasteiger partial charge on any atom is 0.410 e. The maximum absolute atomic E-state index is 13.7. The van der Waals surface area contributed by atoms with Crippen LogP contribution in [-0.2, 0) is 12.8 Å². The number of carbonyl (C=O) groups is 1. The molecule has 0 radical (unpaired) electrons. The third-order valence-electron chi connectivity index (χ3n) is 5.63. The molecule has 7 nitrogen and oxygen atoms in total. The quantitative estimate of drug-likeness (QED) is 0.601. The second-order valence-electron chi connectivity index (χ2n) is 7.48. The number of hydrogen-bond acceptors (Lipinski definition) is 6. The summed E-state index contributed by atoms with van der Waals surface area (Å²) in [4.78, 5) is 14.0. The van der Waals surface area contributed by atoms with Gasteiger partial charge in [-0.3, -0.25) is 4.79 Å². The number of anilines is 2. The van der Waals surface area contributed by atoms with Crippen LogP contribution in [-0.4, -0.2) is 21.9 Å². The summed E-state index contributed by atoms with van der Waals surface area (Å²) < 4.78 is 47.3. The smallest absolute Gasteiger partial charge is 0.410 e. The molecule has 1 aliphatic heterocycles. The molecule has 11 heteroatoms. The SMILES string of the molecule is N#Cc1c(NC(=O)c2cnn3c2NC(c2ccco2)CC3C(F)(F)F)sc2c1CCC2. The Bertz CT molecular complexity index is 1190. The maximum atomic E-state index is 13.7. The molecule has 4 heterocycles. The predicted octanol–water partition coefficient (Wildman–Crippen LogP) is 4.81. The van der Waals surface area contributed by atoms with Gasteiger partial charge in [0.25, 0.3) is 5.91 Å². The van der Waals surface area contributed by atoms with Crippen LogP contribution in [0.1, 0.15) is 57.0 Å². The van der Waals surface area contributed by atoms with E-state index >= 15 is 0 Å². The minimum absolute atomic E-state index is 0.0250. The summed E-state index contributed by atoms with van der Waals surface area (Å²) in [7, 11) is 0. The number of fused-ring (bicyclic) bond motifs is 2. The van der Waals surface area contributed by atoms with Gasteiger partial charge < -0.3 is 15.1 Å². The van der Waals surface area contributed by atoms with E-state index in [4.69, 9.17) is 4.42 Å². The summed E-state index contributed by atoms with van der Waals surface area (Å²) in [6.07, 6.45) is 0.249. The lowest BCUT2D eigenvalue weighted by Gasteiger charge is -2.32. The summed E-state index contributed by atoms with van der Waals surface area (Å²) in [5, 5.41) is 19.5. The second kappa shape index (κ2) is 7.16. The standard InChI is InChI=1S/C20H16F3N5O2S/c21-20(22,23)16-7-13(14-4-2-6-30-14)26-17-12(9-25-28(16)17)18(29)27-19-11(8-24)10-3-1-5-15(10)31-19/h2,4,6,9,13,16,26H,1,3,5,7H2,(H,27,29). The van der Waals surface area contributed by atoms with Crippen molar-refractivity contribution < 1.29 is 22.4 Å². The zero-order valence-electron chi connectivity index (χ0n) is 16.0. The molecule has 31 heavy (non-hydrogen) atoms. The number of aromatic nitrogens is 2. The second-order valence-corrected chi connectivity index (χ2v) is 8.59. The van der Waals surface area contributed by atoms with E-state index in [0.717, 1.165) is 40.6 Å². The van der Waals surface area contributed by atoms with Gasteiger partial charge >= 0.3 is 6.18 Å². The van der Waals surface area contributed by atoms with E-state index in [1.54, 1.807) is 12.1 Å². The first-order chi connectivity index (χ1) is 14.9. The van der Waals surface area contributed by atoms with Gasteiger partial charge in [0, 0.05) is 11.3 Å². The molecular weight excluding hydrogens is 431 g/mol. The van der Waals surface area contributed by atoms with Crippen LogP contribution in [0.25, 0.3) is 0 Å². The van der Waals surface area contributed by atoms with Gasteiger partial charge in [0.1, 0.15) is 28.2 Å². The predicted molar refractivity (Wildman–Crippen MR) is 106 cm³/mol. The molecule has 0 spiro atoms. The fraction of sp³-hybridized carbons (Fsp3) is 0.350. The van der Waals surface area contributed by atoms with Crippen molar-refractivity contribution in [3.05, 3.63) is 51.9 Å². The number of hydrogen-bond donors (Lipinski definition) is 2. The Hall–Kier alpha value is -3.26. The number of amides is 1. The number of alkyl halides is 3. The Morgan fingerprint density at radius 1 is 1.42 bits per heavy atom. The van der Waals surface area contributed by atoms with Crippen molar-refractivity contribution in [2.75, 3.05) is 10.6 Å². The van der Waals surface area contributed by atoms with Crippen LogP contribution in [0.15, 0.2) is 29.0 Å². The molecule has 0 saturated carbocycles. The lowest BCUT2D eigenvalue weighted by Crippen LogP contribution is -2.36. The van der Waals surface area contributed by atoms with Gasteiger partial charge in [0.15, 0.2) is 6.04 Å². The van der Waals surface area contributed by atoms with Crippen molar-refractivity contribution in [1.82, 2.24) is 9.78 Å². The van der Waals surface area contributed by atoms with E-state index in [1.807, 2.05) is 0 Å². The molecule has 3 aromatic rings. The molecule has 0 saturated heterocycles. The Morgan fingerprint density at radius 3 is 2.97 bits per heavy atom. The topological polar surface area (TPSA) is 95.9 Å². The first-order valence-corrected chi connectivity index (χ1v) is 10.5. The molecular formula is C20H16F3N5O2S. The lowest BCUT2D eigenvalue weighted by molar-refractivity contribution is -0.174. The normalized spacial score (nSPS) is 19.9. The number of thiophene rings is 1. The van der Waals surface area contributed by atoms with Gasteiger partial charge in [-0.15, -0.1) is 11.3 Å². The van der Waals surface area contributed by atoms with Crippen molar-refractivity contribution in [2.45, 2.75) is 43.9 Å². The van der Waals surface area contributed by atoms with Crippen LogP contribution < -0.4 is 10.6 Å². The Labute approximate surface area is 178 Å². The lowest BCUT2D eigenvalue weighted by atomic mass is 10.0. The number of nitrogens with one attached hydrogen (secondary N) is 2. The molecule has 1 amide bonds. The monoisotopic (exact) mass is 447 g/mol. The van der Waals surface area contributed by atoms with Gasteiger partial charge in [-0.25, -0.2) is 4.68 Å². The largest absolute Gasteiger partial charge is 0.467 e. The fourth-order valence-corrected chi connectivity index (χ4v) is 5.42. The summed E-state index contributed by atoms with van der Waals surface area (Å²) in [5.41, 5.74) is 1.36. The molecule has 0 aromatic carbocycles. The Kier molecular flexibility index (Phi) is 4.55. The van der Waals surface area contributed by atoms with Crippen LogP contribution in [0.3, 0.4) is 0 Å². The molecule has 2 unspecified atom stereocenters. The molecule has 1 aliphatic carbocycles. The molecule has 2 aliphatic rings. The summed E-state index contributed by atoms with van der Waals surface area (Å²) in [6, 6.07) is 2.65. The third kappa shape index (κ3) is 3.27. The van der Waals surface area contributed by atoms with Gasteiger partial charge in [-0.05, 0) is 37.0 Å². The molecule has 2 atom stereocenters. The van der Waals surface area contributed by atoms with E-state index in [0.29, 0.717) is 16.3 Å². The zero-order valence-corrected chi connectivity index (χ0v) is 16.8. The minimum atomic E-state index is -4.55. The highest BCUT2D eigenvalue weighted by Gasteiger charge is 2.47. The third-order valence-corrected chi connectivity index (χ3v) is 6.84. The van der Waals surface area contributed by atoms with Gasteiger partial charge in [0.2, 0.25) is 0 Å².